The van der Waals surface area contributed by atoms with Gasteiger partial charge in [0.25, 0.3) is 0 Å². The smallest absolute Gasteiger partial charge is 0.316 e. The molecule has 0 saturated carbocycles. The predicted molar refractivity (Wildman–Crippen MR) is 75.5 cm³/mol. The third-order valence-electron chi connectivity index (χ3n) is 2.63. The van der Waals surface area contributed by atoms with Crippen molar-refractivity contribution in [1.29, 1.82) is 0 Å². The highest BCUT2D eigenvalue weighted by Crippen LogP contribution is 2.16. The Hall–Kier alpha value is -2.96. The van der Waals surface area contributed by atoms with Gasteiger partial charge in [-0.05, 0) is 12.1 Å². The van der Waals surface area contributed by atoms with Gasteiger partial charge in [-0.1, -0.05) is 18.2 Å². The van der Waals surface area contributed by atoms with Crippen LogP contribution in [0.1, 0.15) is 5.56 Å². The van der Waals surface area contributed by atoms with Gasteiger partial charge >= 0.3 is 11.8 Å². The molecule has 0 spiro atoms. The Balaban J connectivity index is 1.91. The summed E-state index contributed by atoms with van der Waals surface area (Å²) in [5.41, 5.74) is 0.775. The van der Waals surface area contributed by atoms with Crippen LogP contribution in [0.15, 0.2) is 42.7 Å². The Kier molecular flexibility index (Phi) is 4.81. The number of methoxy groups -OCH3 is 1. The van der Waals surface area contributed by atoms with Gasteiger partial charge in [-0.25, -0.2) is 9.97 Å². The summed E-state index contributed by atoms with van der Waals surface area (Å²) in [6, 6.07) is 8.83. The number of benzene rings is 1. The second kappa shape index (κ2) is 6.99. The van der Waals surface area contributed by atoms with Gasteiger partial charge < -0.3 is 10.1 Å². The van der Waals surface area contributed by atoms with E-state index in [1.54, 1.807) is 25.3 Å². The molecule has 0 bridgehead atoms. The molecule has 0 aliphatic heterocycles. The molecule has 7 nitrogen and oxygen atoms in total. The van der Waals surface area contributed by atoms with Crippen LogP contribution in [-0.2, 0) is 16.1 Å². The summed E-state index contributed by atoms with van der Waals surface area (Å²) in [7, 11) is 1.54. The van der Waals surface area contributed by atoms with Crippen LogP contribution in [0.5, 0.6) is 5.75 Å². The first-order valence-electron chi connectivity index (χ1n) is 6.19. The van der Waals surface area contributed by atoms with E-state index in [0.717, 1.165) is 5.56 Å². The lowest BCUT2D eigenvalue weighted by Gasteiger charge is -2.09. The average Bonchev–Trinajstić information content (AvgIpc) is 2.53. The largest absolute Gasteiger partial charge is 0.496 e. The highest BCUT2D eigenvalue weighted by atomic mass is 16.5. The Bertz CT molecular complexity index is 631. The molecule has 2 aromatic rings. The molecule has 0 atom stereocenters. The Morgan fingerprint density at radius 2 is 1.81 bits per heavy atom. The fraction of sp³-hybridized carbons (Fsp3) is 0.143. The highest BCUT2D eigenvalue weighted by molar-refractivity contribution is 6.39. The molecule has 1 heterocycles. The summed E-state index contributed by atoms with van der Waals surface area (Å²) in [6.45, 7) is 0.186. The second-order valence-electron chi connectivity index (χ2n) is 4.02. The summed E-state index contributed by atoms with van der Waals surface area (Å²) in [4.78, 5) is 31.0. The number of carbonyl (C=O) groups excluding carboxylic acids is 2. The van der Waals surface area contributed by atoms with Crippen LogP contribution in [0, 0.1) is 0 Å². The van der Waals surface area contributed by atoms with Crippen molar-refractivity contribution >= 4 is 17.8 Å². The SMILES string of the molecule is COc1ccccc1CNC(=O)C(=O)Nc1ncccn1. The molecule has 0 aliphatic carbocycles. The number of carbonyl (C=O) groups is 2. The summed E-state index contributed by atoms with van der Waals surface area (Å²) in [5, 5.41) is 4.81. The maximum Gasteiger partial charge on any atom is 0.316 e. The van der Waals surface area contributed by atoms with Crippen molar-refractivity contribution in [2.24, 2.45) is 0 Å². The van der Waals surface area contributed by atoms with Crippen LogP contribution in [-0.4, -0.2) is 28.9 Å². The fourth-order valence-electron chi connectivity index (χ4n) is 1.63. The normalized spacial score (nSPS) is 9.76. The molecule has 0 aliphatic rings. The van der Waals surface area contributed by atoms with Gasteiger partial charge in [0, 0.05) is 24.5 Å². The van der Waals surface area contributed by atoms with Crippen LogP contribution in [0.3, 0.4) is 0 Å². The first kappa shape index (κ1) is 14.4. The lowest BCUT2D eigenvalue weighted by atomic mass is 10.2. The van der Waals surface area contributed by atoms with E-state index >= 15 is 0 Å². The van der Waals surface area contributed by atoms with E-state index in [4.69, 9.17) is 4.74 Å². The van der Waals surface area contributed by atoms with E-state index in [2.05, 4.69) is 20.6 Å². The Morgan fingerprint density at radius 1 is 1.10 bits per heavy atom. The standard InChI is InChI=1S/C14H14N4O3/c1-21-11-6-3-2-5-10(11)9-17-12(19)13(20)18-14-15-7-4-8-16-14/h2-8H,9H2,1H3,(H,17,19)(H,15,16,18,20). The van der Waals surface area contributed by atoms with E-state index in [9.17, 15) is 9.59 Å². The fourth-order valence-corrected chi connectivity index (χ4v) is 1.63. The average molecular weight is 286 g/mol. The molecule has 108 valence electrons. The van der Waals surface area contributed by atoms with Gasteiger partial charge in [0.05, 0.1) is 7.11 Å². The van der Waals surface area contributed by atoms with Gasteiger partial charge in [-0.3, -0.25) is 14.9 Å². The van der Waals surface area contributed by atoms with Crippen LogP contribution in [0.2, 0.25) is 0 Å². The number of nitrogens with zero attached hydrogens (tertiary/aromatic N) is 2. The van der Waals surface area contributed by atoms with Crippen LogP contribution in [0.4, 0.5) is 5.95 Å². The maximum absolute atomic E-state index is 11.7. The quantitative estimate of drug-likeness (QED) is 0.809. The molecule has 0 radical (unpaired) electrons. The molecule has 0 fully saturated rings. The third-order valence-corrected chi connectivity index (χ3v) is 2.63. The number of hydrogen-bond acceptors (Lipinski definition) is 5. The monoisotopic (exact) mass is 286 g/mol. The molecule has 2 N–H and O–H groups in total. The molecular formula is C14H14N4O3. The van der Waals surface area contributed by atoms with Gasteiger partial charge in [0.15, 0.2) is 0 Å². The minimum atomic E-state index is -0.823. The molecular weight excluding hydrogens is 272 g/mol. The van der Waals surface area contributed by atoms with Crippen LogP contribution >= 0.6 is 0 Å². The first-order chi connectivity index (χ1) is 10.2. The summed E-state index contributed by atoms with van der Waals surface area (Å²) in [5.74, 6) is -0.871. The molecule has 2 rings (SSSR count). The number of nitrogens with one attached hydrogen (secondary N) is 2. The Morgan fingerprint density at radius 3 is 2.52 bits per heavy atom. The predicted octanol–water partition coefficient (Wildman–Crippen LogP) is 0.740. The molecule has 1 aromatic heterocycles. The van der Waals surface area contributed by atoms with Crippen molar-refractivity contribution < 1.29 is 14.3 Å². The number of para-hydroxylation sites is 1. The number of anilines is 1. The van der Waals surface area contributed by atoms with Gasteiger partial charge in [0.1, 0.15) is 5.75 Å². The van der Waals surface area contributed by atoms with E-state index in [-0.39, 0.29) is 12.5 Å². The minimum Gasteiger partial charge on any atom is -0.496 e. The number of rotatable bonds is 4. The molecule has 2 amide bonds. The number of amides is 2. The van der Waals surface area contributed by atoms with Crippen LogP contribution < -0.4 is 15.4 Å². The lowest BCUT2D eigenvalue weighted by Crippen LogP contribution is -2.35. The molecule has 0 saturated heterocycles. The van der Waals surface area contributed by atoms with Crippen molar-refractivity contribution in [2.45, 2.75) is 6.54 Å². The minimum absolute atomic E-state index is 0.0786. The summed E-state index contributed by atoms with van der Waals surface area (Å²) in [6.07, 6.45) is 2.94. The van der Waals surface area contributed by atoms with Gasteiger partial charge in [-0.2, -0.15) is 0 Å². The third kappa shape index (κ3) is 4.00. The topological polar surface area (TPSA) is 93.2 Å². The van der Waals surface area contributed by atoms with Crippen molar-refractivity contribution in [1.82, 2.24) is 15.3 Å². The van der Waals surface area contributed by atoms with E-state index in [1.165, 1.54) is 12.4 Å². The zero-order valence-electron chi connectivity index (χ0n) is 11.4. The second-order valence-corrected chi connectivity index (χ2v) is 4.02. The van der Waals surface area contributed by atoms with E-state index < -0.39 is 11.8 Å². The number of aromatic nitrogens is 2. The number of ether oxygens (including phenoxy) is 1. The van der Waals surface area contributed by atoms with E-state index in [1.807, 2.05) is 12.1 Å². The van der Waals surface area contributed by atoms with Crippen molar-refractivity contribution in [3.63, 3.8) is 0 Å². The molecule has 0 unspecified atom stereocenters. The van der Waals surface area contributed by atoms with Crippen LogP contribution in [0.25, 0.3) is 0 Å². The zero-order chi connectivity index (χ0) is 15.1. The number of hydrogen-bond donors (Lipinski definition) is 2. The zero-order valence-corrected chi connectivity index (χ0v) is 11.4. The van der Waals surface area contributed by atoms with Gasteiger partial charge in [0.2, 0.25) is 5.95 Å². The Labute approximate surface area is 121 Å². The maximum atomic E-state index is 11.7. The lowest BCUT2D eigenvalue weighted by molar-refractivity contribution is -0.136. The van der Waals surface area contributed by atoms with Crippen molar-refractivity contribution in [3.05, 3.63) is 48.3 Å². The molecule has 21 heavy (non-hydrogen) atoms. The van der Waals surface area contributed by atoms with Gasteiger partial charge in [-0.15, -0.1) is 0 Å². The van der Waals surface area contributed by atoms with Crippen molar-refractivity contribution in [3.8, 4) is 5.75 Å². The summed E-state index contributed by atoms with van der Waals surface area (Å²) >= 11 is 0. The molecule has 1 aromatic carbocycles. The van der Waals surface area contributed by atoms with Crippen molar-refractivity contribution in [2.75, 3.05) is 12.4 Å². The first-order valence-corrected chi connectivity index (χ1v) is 6.19. The molecule has 7 heteroatoms. The van der Waals surface area contributed by atoms with E-state index in [0.29, 0.717) is 5.75 Å². The summed E-state index contributed by atoms with van der Waals surface area (Å²) < 4.78 is 5.16. The highest BCUT2D eigenvalue weighted by Gasteiger charge is 2.15.